The highest BCUT2D eigenvalue weighted by atomic mass is 32.2. The van der Waals surface area contributed by atoms with Crippen molar-refractivity contribution in [1.29, 1.82) is 0 Å². The van der Waals surface area contributed by atoms with Gasteiger partial charge in [0.1, 0.15) is 34.7 Å². The molecule has 10 rings (SSSR count). The average Bonchev–Trinajstić information content (AvgIpc) is 4.15. The van der Waals surface area contributed by atoms with Gasteiger partial charge in [0.25, 0.3) is 0 Å². The topological polar surface area (TPSA) is 272 Å². The van der Waals surface area contributed by atoms with Crippen LogP contribution in [0.3, 0.4) is 0 Å². The number of anilines is 2. The monoisotopic (exact) mass is 1080 g/mol. The molecule has 0 bridgehead atoms. The van der Waals surface area contributed by atoms with Gasteiger partial charge in [-0.25, -0.2) is 50.2 Å². The molecular formula is C54H57N14O7S2+. The second-order valence-corrected chi connectivity index (χ2v) is 22.5. The Morgan fingerprint density at radius 1 is 0.662 bits per heavy atom. The number of methoxy groups -OCH3 is 1. The van der Waals surface area contributed by atoms with E-state index in [2.05, 4.69) is 32.6 Å². The minimum Gasteiger partial charge on any atom is -0.497 e. The number of ether oxygens (including phenoxy) is 1. The lowest BCUT2D eigenvalue weighted by molar-refractivity contribution is -0.675. The normalized spacial score (nSPS) is 16.2. The third-order valence-electron chi connectivity index (χ3n) is 14.1. The van der Waals surface area contributed by atoms with Gasteiger partial charge in [-0.15, -0.1) is 0 Å². The molecule has 77 heavy (non-hydrogen) atoms. The van der Waals surface area contributed by atoms with Gasteiger partial charge in [0.15, 0.2) is 5.65 Å². The summed E-state index contributed by atoms with van der Waals surface area (Å²) >= 11 is 0. The maximum atomic E-state index is 13.7. The van der Waals surface area contributed by atoms with Crippen LogP contribution in [0.25, 0.3) is 44.6 Å². The maximum absolute atomic E-state index is 13.7. The molecule has 0 aliphatic carbocycles. The van der Waals surface area contributed by atoms with Gasteiger partial charge in [-0.3, -0.25) is 9.59 Å². The first-order valence-corrected chi connectivity index (χ1v) is 27.9. The smallest absolute Gasteiger partial charge is 0.246 e. The standard InChI is InChI=1S/C54H56N14O7S2/c1-4-45(69)64-26-6-8-40(31-64)67-53-47(51(55)57-33-58-53)49(62-67)38-16-10-35(11-17-38)28-60-76(71,72)43-22-14-37(15-23-43)30-66-34-59-54-48(52(66)56)50(63-68(54)41-9-7-27-65(32-41)46(70)5-2)39-18-12-36(13-19-39)29-61-77(73,74)44-24-20-42(75-3)21-25-44/h4-5,10-25,33-34,40-41,56,60-61H,1-2,6-9,26-32H2,3H3,(H2,55,57,58,62)/p+1. The van der Waals surface area contributed by atoms with Gasteiger partial charge in [0, 0.05) is 50.4 Å². The zero-order valence-corrected chi connectivity index (χ0v) is 43.8. The van der Waals surface area contributed by atoms with Crippen LogP contribution < -0.4 is 30.2 Å². The second kappa shape index (κ2) is 21.7. The Morgan fingerprint density at radius 3 is 1.62 bits per heavy atom. The summed E-state index contributed by atoms with van der Waals surface area (Å²) in [6, 6.07) is 27.0. The van der Waals surface area contributed by atoms with Crippen molar-refractivity contribution in [1.82, 2.24) is 53.8 Å². The molecular weight excluding hydrogens is 1020 g/mol. The Balaban J connectivity index is 0.849. The number of sulfonamides is 2. The first-order valence-electron chi connectivity index (χ1n) is 24.9. The highest BCUT2D eigenvalue weighted by Gasteiger charge is 2.32. The van der Waals surface area contributed by atoms with E-state index in [1.807, 2.05) is 57.9 Å². The highest BCUT2D eigenvalue weighted by molar-refractivity contribution is 7.89. The summed E-state index contributed by atoms with van der Waals surface area (Å²) in [6.07, 6.45) is 8.74. The van der Waals surface area contributed by atoms with Crippen LogP contribution in [0.5, 0.6) is 5.75 Å². The molecule has 21 nitrogen and oxygen atoms in total. The van der Waals surface area contributed by atoms with Gasteiger partial charge < -0.3 is 26.0 Å². The van der Waals surface area contributed by atoms with E-state index in [1.54, 1.807) is 45.0 Å². The summed E-state index contributed by atoms with van der Waals surface area (Å²) < 4.78 is 69.4. The SMILES string of the molecule is C=CC(=O)N1CCCC(n2nc(-c3ccc(CNS(=O)(=O)c4ccc(C[n+]5cnc6c(c(-c7ccc(CNS(=O)(=O)c8ccc(OC)cc8)cc7)nn6C6CCCN(C(=O)C=C)C6)c5N)cc4)cc3)c3c(N)ncnc32)C1. The van der Waals surface area contributed by atoms with E-state index < -0.39 is 20.0 Å². The Labute approximate surface area is 445 Å². The first kappa shape index (κ1) is 52.1. The highest BCUT2D eigenvalue weighted by Crippen LogP contribution is 2.36. The number of nitrogens with one attached hydrogen (secondary N) is 2. The molecule has 2 atom stereocenters. The Bertz CT molecular complexity index is 3770. The minimum absolute atomic E-state index is 0.0176. The zero-order chi connectivity index (χ0) is 54.0. The third kappa shape index (κ3) is 10.7. The first-order chi connectivity index (χ1) is 37.1. The molecule has 2 aliphatic heterocycles. The van der Waals surface area contributed by atoms with Gasteiger partial charge in [-0.05, 0) is 90.9 Å². The number of nitrogens with two attached hydrogens (primary N) is 2. The van der Waals surface area contributed by atoms with E-state index in [0.29, 0.717) is 87.9 Å². The third-order valence-corrected chi connectivity index (χ3v) is 16.9. The number of fused-ring (bicyclic) bond motifs is 2. The van der Waals surface area contributed by atoms with Crippen molar-refractivity contribution in [2.75, 3.05) is 44.8 Å². The molecule has 23 heteroatoms. The van der Waals surface area contributed by atoms with Crippen molar-refractivity contribution >= 4 is 65.6 Å². The predicted octanol–water partition coefficient (Wildman–Crippen LogP) is 5.07. The van der Waals surface area contributed by atoms with Crippen LogP contribution in [0.15, 0.2) is 145 Å². The quantitative estimate of drug-likeness (QED) is 0.0685. The molecule has 2 saturated heterocycles. The van der Waals surface area contributed by atoms with Crippen molar-refractivity contribution in [3.8, 4) is 28.3 Å². The van der Waals surface area contributed by atoms with E-state index in [0.717, 1.165) is 36.8 Å². The zero-order valence-electron chi connectivity index (χ0n) is 42.2. The summed E-state index contributed by atoms with van der Waals surface area (Å²) in [5, 5.41) is 11.2. The predicted molar refractivity (Wildman–Crippen MR) is 289 cm³/mol. The van der Waals surface area contributed by atoms with Crippen molar-refractivity contribution in [3.63, 3.8) is 0 Å². The number of benzene rings is 4. The van der Waals surface area contributed by atoms with Gasteiger partial charge in [-0.2, -0.15) is 10.2 Å². The fourth-order valence-electron chi connectivity index (χ4n) is 9.93. The molecule has 0 saturated carbocycles. The summed E-state index contributed by atoms with van der Waals surface area (Å²) in [5.41, 5.74) is 19.3. The van der Waals surface area contributed by atoms with Crippen molar-refractivity contribution in [2.45, 2.75) is 67.2 Å². The molecule has 2 amide bonds. The number of rotatable bonds is 17. The van der Waals surface area contributed by atoms with Crippen LogP contribution >= 0.6 is 0 Å². The molecule has 8 aromatic rings. The molecule has 2 fully saturated rings. The van der Waals surface area contributed by atoms with E-state index in [1.165, 1.54) is 49.9 Å². The lowest BCUT2D eigenvalue weighted by Gasteiger charge is -2.32. The number of hydrogen-bond donors (Lipinski definition) is 4. The number of likely N-dealkylation sites (tertiary alicyclic amines) is 2. The van der Waals surface area contributed by atoms with Crippen LogP contribution in [0.4, 0.5) is 11.6 Å². The van der Waals surface area contributed by atoms with Gasteiger partial charge >= 0.3 is 0 Å². The van der Waals surface area contributed by atoms with Crippen LogP contribution in [0.2, 0.25) is 0 Å². The number of amides is 2. The van der Waals surface area contributed by atoms with E-state index >= 15 is 0 Å². The van der Waals surface area contributed by atoms with Crippen LogP contribution in [-0.2, 0) is 49.3 Å². The van der Waals surface area contributed by atoms with E-state index in [4.69, 9.17) is 31.4 Å². The van der Waals surface area contributed by atoms with Gasteiger partial charge in [-0.1, -0.05) is 78.8 Å². The summed E-state index contributed by atoms with van der Waals surface area (Å²) in [6.45, 7) is 9.71. The van der Waals surface area contributed by atoms with Crippen molar-refractivity contribution in [2.24, 2.45) is 0 Å². The van der Waals surface area contributed by atoms with Crippen molar-refractivity contribution in [3.05, 3.63) is 152 Å². The molecule has 0 spiro atoms. The second-order valence-electron chi connectivity index (χ2n) is 18.9. The molecule has 4 aromatic carbocycles. The maximum Gasteiger partial charge on any atom is 0.246 e. The molecule has 0 radical (unpaired) electrons. The summed E-state index contributed by atoms with van der Waals surface area (Å²) in [4.78, 5) is 42.5. The molecule has 6 heterocycles. The Kier molecular flexibility index (Phi) is 14.7. The number of carbonyl (C=O) groups is 2. The number of hydrogen-bond acceptors (Lipinski definition) is 14. The minimum atomic E-state index is -3.94. The average molecular weight is 1080 g/mol. The summed E-state index contributed by atoms with van der Waals surface area (Å²) in [5.74, 6) is 0.880. The lowest BCUT2D eigenvalue weighted by atomic mass is 10.1. The molecule has 2 unspecified atom stereocenters. The molecule has 6 N–H and O–H groups in total. The van der Waals surface area contributed by atoms with Crippen LogP contribution in [-0.4, -0.2) is 106 Å². The number of nitrogen functional groups attached to an aromatic ring is 2. The number of nitrogens with zero attached hydrogens (tertiary/aromatic N) is 10. The fourth-order valence-corrected chi connectivity index (χ4v) is 12.0. The number of carbonyl (C=O) groups excluding carboxylic acids is 2. The molecule has 2 aliphatic rings. The lowest BCUT2D eigenvalue weighted by Crippen LogP contribution is -2.40. The van der Waals surface area contributed by atoms with Gasteiger partial charge in [0.2, 0.25) is 49.7 Å². The van der Waals surface area contributed by atoms with Crippen molar-refractivity contribution < 1.29 is 35.7 Å². The number of piperidine rings is 2. The number of aromatic nitrogens is 8. The van der Waals surface area contributed by atoms with Crippen LogP contribution in [0, 0.1) is 0 Å². The molecule has 4 aromatic heterocycles. The van der Waals surface area contributed by atoms with E-state index in [-0.39, 0.29) is 59.1 Å². The Hall–Kier alpha value is -8.38. The fraction of sp³-hybridized carbons (Fsp3) is 0.259. The van der Waals surface area contributed by atoms with Gasteiger partial charge in [0.05, 0.1) is 40.9 Å². The Morgan fingerprint density at radius 2 is 1.13 bits per heavy atom. The van der Waals surface area contributed by atoms with Crippen LogP contribution in [0.1, 0.15) is 54.5 Å². The summed E-state index contributed by atoms with van der Waals surface area (Å²) in [7, 11) is -6.24. The largest absolute Gasteiger partial charge is 0.497 e. The molecule has 396 valence electrons. The van der Waals surface area contributed by atoms with E-state index in [9.17, 15) is 26.4 Å².